The van der Waals surface area contributed by atoms with Crippen molar-refractivity contribution in [3.8, 4) is 0 Å². The highest BCUT2D eigenvalue weighted by Crippen LogP contribution is 2.16. The Morgan fingerprint density at radius 1 is 1.56 bits per heavy atom. The minimum absolute atomic E-state index is 0.0136. The van der Waals surface area contributed by atoms with Gasteiger partial charge in [-0.2, -0.15) is 0 Å². The molecule has 0 aliphatic carbocycles. The standard InChI is InChI=1S/C13H23N3O2/c1-5-6-10(12(17)18)16-8-7-14-11(16)9-15-13(2,3)4/h7-8,10,15H,5-6,9H2,1-4H3,(H,17,18). The molecule has 5 heteroatoms. The zero-order valence-electron chi connectivity index (χ0n) is 11.6. The molecule has 1 aromatic heterocycles. The van der Waals surface area contributed by atoms with Crippen molar-refractivity contribution in [2.24, 2.45) is 0 Å². The fourth-order valence-corrected chi connectivity index (χ4v) is 1.76. The summed E-state index contributed by atoms with van der Waals surface area (Å²) in [7, 11) is 0. The Labute approximate surface area is 108 Å². The molecule has 102 valence electrons. The molecule has 0 spiro atoms. The highest BCUT2D eigenvalue weighted by atomic mass is 16.4. The molecule has 0 saturated heterocycles. The molecule has 5 nitrogen and oxygen atoms in total. The summed E-state index contributed by atoms with van der Waals surface area (Å²) in [6.07, 6.45) is 4.86. The van der Waals surface area contributed by atoms with Crippen molar-refractivity contribution in [1.82, 2.24) is 14.9 Å². The van der Waals surface area contributed by atoms with Gasteiger partial charge in [-0.1, -0.05) is 13.3 Å². The van der Waals surface area contributed by atoms with E-state index in [1.165, 1.54) is 0 Å². The summed E-state index contributed by atoms with van der Waals surface area (Å²) in [4.78, 5) is 15.5. The third-order valence-corrected chi connectivity index (χ3v) is 2.71. The van der Waals surface area contributed by atoms with Gasteiger partial charge < -0.3 is 15.0 Å². The Balaban J connectivity index is 2.83. The van der Waals surface area contributed by atoms with E-state index in [4.69, 9.17) is 0 Å². The number of aromatic nitrogens is 2. The highest BCUT2D eigenvalue weighted by molar-refractivity contribution is 5.71. The maximum absolute atomic E-state index is 11.3. The molecule has 0 bridgehead atoms. The third-order valence-electron chi connectivity index (χ3n) is 2.71. The van der Waals surface area contributed by atoms with E-state index in [9.17, 15) is 9.90 Å². The molecule has 18 heavy (non-hydrogen) atoms. The van der Waals surface area contributed by atoms with Crippen LogP contribution in [0.25, 0.3) is 0 Å². The molecule has 1 atom stereocenters. The van der Waals surface area contributed by atoms with Gasteiger partial charge in [0.25, 0.3) is 0 Å². The van der Waals surface area contributed by atoms with Crippen molar-refractivity contribution < 1.29 is 9.90 Å². The zero-order valence-corrected chi connectivity index (χ0v) is 11.6. The number of nitrogens with one attached hydrogen (secondary N) is 1. The summed E-state index contributed by atoms with van der Waals surface area (Å²) in [6.45, 7) is 8.77. The van der Waals surface area contributed by atoms with Gasteiger partial charge in [-0.05, 0) is 27.2 Å². The van der Waals surface area contributed by atoms with Crippen LogP contribution in [0, 0.1) is 0 Å². The van der Waals surface area contributed by atoms with Crippen molar-refractivity contribution >= 4 is 5.97 Å². The number of carboxylic acids is 1. The molecule has 1 rings (SSSR count). The Kier molecular flexibility index (Phi) is 4.90. The zero-order chi connectivity index (χ0) is 13.8. The Morgan fingerprint density at radius 2 is 2.22 bits per heavy atom. The lowest BCUT2D eigenvalue weighted by atomic mass is 10.1. The van der Waals surface area contributed by atoms with Crippen molar-refractivity contribution in [2.75, 3.05) is 0 Å². The van der Waals surface area contributed by atoms with Crippen LogP contribution in [0.2, 0.25) is 0 Å². The van der Waals surface area contributed by atoms with E-state index < -0.39 is 12.0 Å². The number of aliphatic carboxylic acids is 1. The second-order valence-corrected chi connectivity index (χ2v) is 5.50. The predicted octanol–water partition coefficient (Wildman–Crippen LogP) is 2.20. The van der Waals surface area contributed by atoms with Crippen LogP contribution in [0.4, 0.5) is 0 Å². The van der Waals surface area contributed by atoms with Crippen molar-refractivity contribution in [2.45, 2.75) is 58.7 Å². The van der Waals surface area contributed by atoms with Crippen LogP contribution in [0.15, 0.2) is 12.4 Å². The van der Waals surface area contributed by atoms with Gasteiger partial charge in [0.2, 0.25) is 0 Å². The lowest BCUT2D eigenvalue weighted by Crippen LogP contribution is -2.36. The van der Waals surface area contributed by atoms with Gasteiger partial charge in [0.15, 0.2) is 0 Å². The molecular weight excluding hydrogens is 230 g/mol. The lowest BCUT2D eigenvalue weighted by molar-refractivity contribution is -0.141. The smallest absolute Gasteiger partial charge is 0.326 e. The number of rotatable bonds is 6. The van der Waals surface area contributed by atoms with Crippen molar-refractivity contribution in [3.63, 3.8) is 0 Å². The van der Waals surface area contributed by atoms with Crippen LogP contribution in [0.1, 0.15) is 52.4 Å². The summed E-state index contributed by atoms with van der Waals surface area (Å²) in [5.41, 5.74) is -0.0136. The van der Waals surface area contributed by atoms with E-state index in [-0.39, 0.29) is 5.54 Å². The SMILES string of the molecule is CCCC(C(=O)O)n1ccnc1CNC(C)(C)C. The van der Waals surface area contributed by atoms with Gasteiger partial charge in [0.05, 0.1) is 6.54 Å². The Morgan fingerprint density at radius 3 is 2.72 bits per heavy atom. The Bertz CT molecular complexity index is 393. The molecule has 0 radical (unpaired) electrons. The quantitative estimate of drug-likeness (QED) is 0.815. The van der Waals surface area contributed by atoms with Gasteiger partial charge in [0.1, 0.15) is 11.9 Å². The van der Waals surface area contributed by atoms with Crippen LogP contribution in [0.5, 0.6) is 0 Å². The molecule has 0 aromatic carbocycles. The summed E-state index contributed by atoms with van der Waals surface area (Å²) >= 11 is 0. The molecule has 1 aromatic rings. The maximum Gasteiger partial charge on any atom is 0.326 e. The summed E-state index contributed by atoms with van der Waals surface area (Å²) < 4.78 is 1.75. The van der Waals surface area contributed by atoms with E-state index in [1.807, 2.05) is 6.92 Å². The molecule has 1 heterocycles. The second-order valence-electron chi connectivity index (χ2n) is 5.50. The van der Waals surface area contributed by atoms with Crippen LogP contribution < -0.4 is 5.32 Å². The first-order valence-electron chi connectivity index (χ1n) is 6.34. The van der Waals surface area contributed by atoms with Crippen molar-refractivity contribution in [3.05, 3.63) is 18.2 Å². The van der Waals surface area contributed by atoms with Crippen LogP contribution in [0.3, 0.4) is 0 Å². The van der Waals surface area contributed by atoms with Crippen LogP contribution in [-0.4, -0.2) is 26.2 Å². The summed E-state index contributed by atoms with van der Waals surface area (Å²) in [5.74, 6) is -0.0300. The first-order valence-corrected chi connectivity index (χ1v) is 6.34. The third kappa shape index (κ3) is 4.14. The summed E-state index contributed by atoms with van der Waals surface area (Å²) in [5, 5.41) is 12.6. The van der Waals surface area contributed by atoms with Gasteiger partial charge >= 0.3 is 5.97 Å². The minimum atomic E-state index is -0.799. The van der Waals surface area contributed by atoms with E-state index in [0.29, 0.717) is 13.0 Å². The fraction of sp³-hybridized carbons (Fsp3) is 0.692. The Hall–Kier alpha value is -1.36. The average molecular weight is 253 g/mol. The molecule has 1 unspecified atom stereocenters. The maximum atomic E-state index is 11.3. The van der Waals surface area contributed by atoms with Crippen LogP contribution >= 0.6 is 0 Å². The molecule has 0 saturated carbocycles. The number of carboxylic acid groups (broad SMARTS) is 1. The average Bonchev–Trinajstić information content (AvgIpc) is 2.69. The normalized spacial score (nSPS) is 13.6. The van der Waals surface area contributed by atoms with Gasteiger partial charge in [0, 0.05) is 17.9 Å². The van der Waals surface area contributed by atoms with E-state index in [0.717, 1.165) is 12.2 Å². The number of hydrogen-bond acceptors (Lipinski definition) is 3. The molecule has 0 aliphatic rings. The number of carbonyl (C=O) groups is 1. The fourth-order valence-electron chi connectivity index (χ4n) is 1.76. The number of nitrogens with zero attached hydrogens (tertiary/aromatic N) is 2. The molecular formula is C13H23N3O2. The predicted molar refractivity (Wildman–Crippen MR) is 70.4 cm³/mol. The molecule has 0 fully saturated rings. The van der Waals surface area contributed by atoms with E-state index in [2.05, 4.69) is 31.1 Å². The topological polar surface area (TPSA) is 67.1 Å². The van der Waals surface area contributed by atoms with Crippen molar-refractivity contribution in [1.29, 1.82) is 0 Å². The second kappa shape index (κ2) is 6.00. The lowest BCUT2D eigenvalue weighted by Gasteiger charge is -2.22. The highest BCUT2D eigenvalue weighted by Gasteiger charge is 2.21. The first-order chi connectivity index (χ1) is 8.35. The number of hydrogen-bond donors (Lipinski definition) is 2. The minimum Gasteiger partial charge on any atom is -0.480 e. The molecule has 2 N–H and O–H groups in total. The summed E-state index contributed by atoms with van der Waals surface area (Å²) in [6, 6.07) is -0.519. The number of imidazole rings is 1. The monoisotopic (exact) mass is 253 g/mol. The largest absolute Gasteiger partial charge is 0.480 e. The van der Waals surface area contributed by atoms with Gasteiger partial charge in [-0.15, -0.1) is 0 Å². The van der Waals surface area contributed by atoms with Crippen LogP contribution in [-0.2, 0) is 11.3 Å². The van der Waals surface area contributed by atoms with Gasteiger partial charge in [-0.25, -0.2) is 9.78 Å². The molecule has 0 aliphatic heterocycles. The van der Waals surface area contributed by atoms with Gasteiger partial charge in [-0.3, -0.25) is 0 Å². The van der Waals surface area contributed by atoms with E-state index >= 15 is 0 Å². The molecule has 0 amide bonds. The van der Waals surface area contributed by atoms with E-state index in [1.54, 1.807) is 17.0 Å². The first kappa shape index (κ1) is 14.7.